The van der Waals surface area contributed by atoms with E-state index >= 15 is 0 Å². The van der Waals surface area contributed by atoms with E-state index in [0.29, 0.717) is 12.8 Å². The van der Waals surface area contributed by atoms with Crippen LogP contribution < -0.4 is 0 Å². The summed E-state index contributed by atoms with van der Waals surface area (Å²) in [7, 11) is 0. The summed E-state index contributed by atoms with van der Waals surface area (Å²) in [6, 6.07) is 3.00. The molecule has 1 atom stereocenters. The third-order valence-corrected chi connectivity index (χ3v) is 2.99. The topological polar surface area (TPSA) is 40.3 Å². The molecule has 0 aliphatic carbocycles. The molecule has 1 aromatic rings. The Morgan fingerprint density at radius 1 is 1.39 bits per heavy atom. The Labute approximate surface area is 104 Å². The van der Waals surface area contributed by atoms with Gasteiger partial charge in [-0.3, -0.25) is 4.79 Å². The van der Waals surface area contributed by atoms with Gasteiger partial charge in [-0.05, 0) is 31.0 Å². The minimum Gasteiger partial charge on any atom is -0.388 e. The first-order valence-electron chi connectivity index (χ1n) is 5.98. The van der Waals surface area contributed by atoms with Gasteiger partial charge in [0.15, 0.2) is 0 Å². The van der Waals surface area contributed by atoms with Crippen molar-refractivity contribution >= 4 is 5.91 Å². The second-order valence-electron chi connectivity index (χ2n) is 4.45. The van der Waals surface area contributed by atoms with Crippen LogP contribution in [0.1, 0.15) is 30.9 Å². The van der Waals surface area contributed by atoms with Crippen LogP contribution in [0.2, 0.25) is 0 Å². The summed E-state index contributed by atoms with van der Waals surface area (Å²) in [6.07, 6.45) is -0.0110. The molecule has 98 valence electrons. The minimum absolute atomic E-state index is 0.0471. The summed E-state index contributed by atoms with van der Waals surface area (Å²) in [5.74, 6) is -1.14. The summed E-state index contributed by atoms with van der Waals surface area (Å²) in [5.41, 5.74) is -0.0471. The highest BCUT2D eigenvalue weighted by molar-refractivity contribution is 5.78. The van der Waals surface area contributed by atoms with Crippen molar-refractivity contribution in [2.75, 3.05) is 13.1 Å². The van der Waals surface area contributed by atoms with E-state index in [-0.39, 0.29) is 17.9 Å². The molecule has 3 nitrogen and oxygen atoms in total. The number of hydrogen-bond acceptors (Lipinski definition) is 2. The first-order valence-corrected chi connectivity index (χ1v) is 5.98. The van der Waals surface area contributed by atoms with E-state index in [9.17, 15) is 18.7 Å². The molecule has 18 heavy (non-hydrogen) atoms. The molecule has 1 fully saturated rings. The van der Waals surface area contributed by atoms with Crippen molar-refractivity contribution in [3.63, 3.8) is 0 Å². The Bertz CT molecular complexity index is 447. The quantitative estimate of drug-likeness (QED) is 0.818. The monoisotopic (exact) mass is 255 g/mol. The maximum atomic E-state index is 13.3. The van der Waals surface area contributed by atoms with E-state index in [0.717, 1.165) is 31.3 Å². The maximum absolute atomic E-state index is 13.3. The summed E-state index contributed by atoms with van der Waals surface area (Å²) < 4.78 is 26.3. The third kappa shape index (κ3) is 3.26. The zero-order valence-electron chi connectivity index (χ0n) is 9.90. The molecule has 0 bridgehead atoms. The molecule has 0 spiro atoms. The molecule has 2 rings (SSSR count). The van der Waals surface area contributed by atoms with Gasteiger partial charge in [-0.25, -0.2) is 8.78 Å². The van der Waals surface area contributed by atoms with Gasteiger partial charge in [-0.1, -0.05) is 0 Å². The molecule has 0 saturated carbocycles. The molecule has 5 heteroatoms. The van der Waals surface area contributed by atoms with Crippen molar-refractivity contribution in [1.29, 1.82) is 0 Å². The number of nitrogens with zero attached hydrogens (tertiary/aromatic N) is 1. The Balaban J connectivity index is 1.84. The maximum Gasteiger partial charge on any atom is 0.222 e. The highest BCUT2D eigenvalue weighted by Crippen LogP contribution is 2.23. The second-order valence-corrected chi connectivity index (χ2v) is 4.45. The van der Waals surface area contributed by atoms with Crippen LogP contribution in [0, 0.1) is 11.6 Å². The summed E-state index contributed by atoms with van der Waals surface area (Å²) in [6.45, 7) is 1.61. The van der Waals surface area contributed by atoms with Crippen LogP contribution in [0.3, 0.4) is 0 Å². The molecule has 1 amide bonds. The lowest BCUT2D eigenvalue weighted by molar-refractivity contribution is -0.125. The molecule has 1 N–H and O–H groups in total. The van der Waals surface area contributed by atoms with Crippen LogP contribution in [0.4, 0.5) is 8.78 Å². The van der Waals surface area contributed by atoms with Gasteiger partial charge in [0, 0.05) is 25.1 Å². The SMILES string of the molecule is O=C(CCCC(O)c1cc(F)ccc1F)N1CC1. The van der Waals surface area contributed by atoms with Crippen molar-refractivity contribution in [3.05, 3.63) is 35.4 Å². The van der Waals surface area contributed by atoms with Crippen LogP contribution in [0.5, 0.6) is 0 Å². The van der Waals surface area contributed by atoms with Crippen molar-refractivity contribution < 1.29 is 18.7 Å². The number of carbonyl (C=O) groups is 1. The molecule has 1 aliphatic rings. The Hall–Kier alpha value is -1.49. The zero-order chi connectivity index (χ0) is 13.1. The van der Waals surface area contributed by atoms with E-state index in [1.807, 2.05) is 0 Å². The van der Waals surface area contributed by atoms with E-state index < -0.39 is 17.7 Å². The summed E-state index contributed by atoms with van der Waals surface area (Å²) in [5, 5.41) is 9.76. The molecule has 0 aromatic heterocycles. The van der Waals surface area contributed by atoms with Gasteiger partial charge in [-0.15, -0.1) is 0 Å². The lowest BCUT2D eigenvalue weighted by atomic mass is 10.0. The van der Waals surface area contributed by atoms with Crippen molar-refractivity contribution in [1.82, 2.24) is 4.90 Å². The number of halogens is 2. The number of benzene rings is 1. The molecular formula is C13H15F2NO2. The van der Waals surface area contributed by atoms with E-state index in [1.54, 1.807) is 4.90 Å². The fourth-order valence-electron chi connectivity index (χ4n) is 1.83. The van der Waals surface area contributed by atoms with Gasteiger partial charge < -0.3 is 10.0 Å². The highest BCUT2D eigenvalue weighted by atomic mass is 19.1. The van der Waals surface area contributed by atoms with Gasteiger partial charge in [0.25, 0.3) is 0 Å². The largest absolute Gasteiger partial charge is 0.388 e. The Kier molecular flexibility index (Phi) is 3.91. The number of aliphatic hydroxyl groups excluding tert-OH is 1. The van der Waals surface area contributed by atoms with E-state index in [1.165, 1.54) is 0 Å². The normalized spacial score (nSPS) is 15.6. The highest BCUT2D eigenvalue weighted by Gasteiger charge is 2.23. The van der Waals surface area contributed by atoms with Crippen LogP contribution in [-0.2, 0) is 4.79 Å². The summed E-state index contributed by atoms with van der Waals surface area (Å²) >= 11 is 0. The van der Waals surface area contributed by atoms with Crippen LogP contribution in [0.25, 0.3) is 0 Å². The van der Waals surface area contributed by atoms with Gasteiger partial charge >= 0.3 is 0 Å². The Morgan fingerprint density at radius 2 is 2.11 bits per heavy atom. The molecule has 1 aliphatic heterocycles. The number of carbonyl (C=O) groups excluding carboxylic acids is 1. The first-order chi connectivity index (χ1) is 8.58. The standard InChI is InChI=1S/C13H15F2NO2/c14-9-4-5-11(15)10(8-9)12(17)2-1-3-13(18)16-6-7-16/h4-5,8,12,17H,1-3,6-7H2. The second kappa shape index (κ2) is 5.44. The molecule has 1 aromatic carbocycles. The van der Waals surface area contributed by atoms with Gasteiger partial charge in [0.05, 0.1) is 6.10 Å². The van der Waals surface area contributed by atoms with Crippen molar-refractivity contribution in [2.24, 2.45) is 0 Å². The predicted molar refractivity (Wildman–Crippen MR) is 61.7 cm³/mol. The average Bonchev–Trinajstić information content (AvgIpc) is 3.16. The van der Waals surface area contributed by atoms with Gasteiger partial charge in [0.2, 0.25) is 5.91 Å². The number of hydrogen-bond donors (Lipinski definition) is 1. The Morgan fingerprint density at radius 3 is 2.78 bits per heavy atom. The average molecular weight is 255 g/mol. The molecule has 1 saturated heterocycles. The van der Waals surface area contributed by atoms with Crippen molar-refractivity contribution in [3.8, 4) is 0 Å². The van der Waals surface area contributed by atoms with Crippen molar-refractivity contribution in [2.45, 2.75) is 25.4 Å². The number of aliphatic hydroxyl groups is 1. The molecule has 1 heterocycles. The van der Waals surface area contributed by atoms with E-state index in [4.69, 9.17) is 0 Å². The van der Waals surface area contributed by atoms with Gasteiger partial charge in [-0.2, -0.15) is 0 Å². The molecular weight excluding hydrogens is 240 g/mol. The predicted octanol–water partition coefficient (Wildman–Crippen LogP) is 2.01. The lowest BCUT2D eigenvalue weighted by Crippen LogP contribution is -2.10. The smallest absolute Gasteiger partial charge is 0.222 e. The fraction of sp³-hybridized carbons (Fsp3) is 0.462. The van der Waals surface area contributed by atoms with Crippen LogP contribution in [-0.4, -0.2) is 29.0 Å². The lowest BCUT2D eigenvalue weighted by Gasteiger charge is -2.11. The zero-order valence-corrected chi connectivity index (χ0v) is 9.90. The third-order valence-electron chi connectivity index (χ3n) is 2.99. The molecule has 1 unspecified atom stereocenters. The summed E-state index contributed by atoms with van der Waals surface area (Å²) in [4.78, 5) is 13.1. The molecule has 0 radical (unpaired) electrons. The fourth-order valence-corrected chi connectivity index (χ4v) is 1.83. The number of amides is 1. The van der Waals surface area contributed by atoms with Crippen LogP contribution >= 0.6 is 0 Å². The first kappa shape index (κ1) is 13.0. The van der Waals surface area contributed by atoms with Gasteiger partial charge in [0.1, 0.15) is 11.6 Å². The number of rotatable bonds is 5. The van der Waals surface area contributed by atoms with E-state index in [2.05, 4.69) is 0 Å². The van der Waals surface area contributed by atoms with Crippen LogP contribution in [0.15, 0.2) is 18.2 Å². The minimum atomic E-state index is -1.07.